The summed E-state index contributed by atoms with van der Waals surface area (Å²) in [5.74, 6) is 0.305. The van der Waals surface area contributed by atoms with Gasteiger partial charge < -0.3 is 11.1 Å². The molecule has 0 spiro atoms. The second kappa shape index (κ2) is 4.28. The number of hydrogen-bond donors (Lipinski definition) is 2. The van der Waals surface area contributed by atoms with E-state index in [-0.39, 0.29) is 17.9 Å². The molecule has 0 bridgehead atoms. The average Bonchev–Trinajstić information content (AvgIpc) is 2.48. The van der Waals surface area contributed by atoms with E-state index < -0.39 is 0 Å². The maximum atomic E-state index is 11.6. The van der Waals surface area contributed by atoms with Crippen molar-refractivity contribution in [1.82, 2.24) is 4.98 Å². The van der Waals surface area contributed by atoms with Crippen molar-refractivity contribution < 1.29 is 4.79 Å². The molecule has 15 heavy (non-hydrogen) atoms. The zero-order chi connectivity index (χ0) is 10.8. The fraction of sp³-hybridized carbons (Fsp3) is 0.600. The standard InChI is InChI=1S/C10H15N3OS/c1-6(11)8-5-15-10(12-8)13-9(14)7-3-2-4-7/h5-7H,2-4,11H2,1H3,(H,12,13,14). The lowest BCUT2D eigenvalue weighted by molar-refractivity contribution is -0.122. The molecule has 1 saturated carbocycles. The number of nitrogens with one attached hydrogen (secondary N) is 1. The highest BCUT2D eigenvalue weighted by Crippen LogP contribution is 2.28. The Hall–Kier alpha value is -0.940. The third-order valence-corrected chi connectivity index (χ3v) is 3.47. The zero-order valence-electron chi connectivity index (χ0n) is 8.69. The number of anilines is 1. The number of nitrogens with two attached hydrogens (primary N) is 1. The normalized spacial score (nSPS) is 18.3. The van der Waals surface area contributed by atoms with Gasteiger partial charge in [-0.2, -0.15) is 0 Å². The predicted octanol–water partition coefficient (Wildman–Crippen LogP) is 1.90. The molecule has 1 atom stereocenters. The van der Waals surface area contributed by atoms with Gasteiger partial charge in [-0.1, -0.05) is 6.42 Å². The van der Waals surface area contributed by atoms with Gasteiger partial charge in [0, 0.05) is 17.3 Å². The van der Waals surface area contributed by atoms with E-state index in [1.807, 2.05) is 12.3 Å². The molecule has 5 heteroatoms. The third-order valence-electron chi connectivity index (χ3n) is 2.69. The van der Waals surface area contributed by atoms with Gasteiger partial charge in [0.15, 0.2) is 5.13 Å². The summed E-state index contributed by atoms with van der Waals surface area (Å²) in [6, 6.07) is -0.0735. The molecule has 1 heterocycles. The van der Waals surface area contributed by atoms with Crippen LogP contribution in [-0.4, -0.2) is 10.9 Å². The molecule has 1 aromatic rings. The molecule has 2 rings (SSSR count). The molecule has 0 aromatic carbocycles. The predicted molar refractivity (Wildman–Crippen MR) is 60.7 cm³/mol. The molecule has 1 amide bonds. The van der Waals surface area contributed by atoms with E-state index in [1.54, 1.807) is 0 Å². The maximum absolute atomic E-state index is 11.6. The van der Waals surface area contributed by atoms with E-state index >= 15 is 0 Å². The minimum Gasteiger partial charge on any atom is -0.323 e. The van der Waals surface area contributed by atoms with Crippen molar-refractivity contribution in [2.75, 3.05) is 5.32 Å². The second-order valence-electron chi connectivity index (χ2n) is 3.98. The van der Waals surface area contributed by atoms with Crippen molar-refractivity contribution >= 4 is 22.4 Å². The van der Waals surface area contributed by atoms with Gasteiger partial charge in [-0.25, -0.2) is 4.98 Å². The molecule has 1 aromatic heterocycles. The van der Waals surface area contributed by atoms with Crippen molar-refractivity contribution in [3.05, 3.63) is 11.1 Å². The Kier molecular flexibility index (Phi) is 3.02. The van der Waals surface area contributed by atoms with E-state index in [0.29, 0.717) is 5.13 Å². The summed E-state index contributed by atoms with van der Waals surface area (Å²) < 4.78 is 0. The van der Waals surface area contributed by atoms with Crippen LogP contribution in [0.25, 0.3) is 0 Å². The Morgan fingerprint density at radius 2 is 2.47 bits per heavy atom. The molecule has 1 aliphatic rings. The van der Waals surface area contributed by atoms with Crippen LogP contribution >= 0.6 is 11.3 Å². The summed E-state index contributed by atoms with van der Waals surface area (Å²) in [5, 5.41) is 5.39. The van der Waals surface area contributed by atoms with E-state index in [9.17, 15) is 4.79 Å². The molecule has 3 N–H and O–H groups in total. The van der Waals surface area contributed by atoms with Crippen LogP contribution in [0.1, 0.15) is 37.9 Å². The largest absolute Gasteiger partial charge is 0.323 e. The Morgan fingerprint density at radius 1 is 1.73 bits per heavy atom. The van der Waals surface area contributed by atoms with E-state index in [4.69, 9.17) is 5.73 Å². The average molecular weight is 225 g/mol. The summed E-state index contributed by atoms with van der Waals surface area (Å²) in [4.78, 5) is 15.9. The van der Waals surface area contributed by atoms with Crippen LogP contribution in [0.4, 0.5) is 5.13 Å². The van der Waals surface area contributed by atoms with Crippen LogP contribution < -0.4 is 11.1 Å². The highest BCUT2D eigenvalue weighted by molar-refractivity contribution is 7.13. The molecule has 1 aliphatic carbocycles. The molecule has 0 radical (unpaired) electrons. The maximum Gasteiger partial charge on any atom is 0.229 e. The number of thiazole rings is 1. The van der Waals surface area contributed by atoms with Gasteiger partial charge in [0.05, 0.1) is 5.69 Å². The summed E-state index contributed by atoms with van der Waals surface area (Å²) in [5.41, 5.74) is 6.52. The first-order valence-corrected chi connectivity index (χ1v) is 6.06. The Balaban J connectivity index is 1.95. The first kappa shape index (κ1) is 10.6. The van der Waals surface area contributed by atoms with Gasteiger partial charge in [0.25, 0.3) is 0 Å². The van der Waals surface area contributed by atoms with Crippen LogP contribution in [0, 0.1) is 5.92 Å². The molecule has 1 unspecified atom stereocenters. The smallest absolute Gasteiger partial charge is 0.229 e. The fourth-order valence-electron chi connectivity index (χ4n) is 1.43. The molecular formula is C10H15N3OS. The highest BCUT2D eigenvalue weighted by Gasteiger charge is 2.25. The monoisotopic (exact) mass is 225 g/mol. The SMILES string of the molecule is CC(N)c1csc(NC(=O)C2CCC2)n1. The van der Waals surface area contributed by atoms with Crippen molar-refractivity contribution in [2.24, 2.45) is 11.7 Å². The summed E-state index contributed by atoms with van der Waals surface area (Å²) in [6.45, 7) is 1.88. The lowest BCUT2D eigenvalue weighted by Gasteiger charge is -2.23. The molecule has 0 saturated heterocycles. The summed E-state index contributed by atoms with van der Waals surface area (Å²) >= 11 is 1.44. The molecule has 82 valence electrons. The molecule has 4 nitrogen and oxygen atoms in total. The highest BCUT2D eigenvalue weighted by atomic mass is 32.1. The van der Waals surface area contributed by atoms with Gasteiger partial charge in [-0.3, -0.25) is 4.79 Å². The van der Waals surface area contributed by atoms with Gasteiger partial charge in [0.1, 0.15) is 0 Å². The Labute approximate surface area is 92.9 Å². The number of carbonyl (C=O) groups excluding carboxylic acids is 1. The van der Waals surface area contributed by atoms with Crippen LogP contribution in [-0.2, 0) is 4.79 Å². The van der Waals surface area contributed by atoms with Crippen LogP contribution in [0.15, 0.2) is 5.38 Å². The topological polar surface area (TPSA) is 68.0 Å². The van der Waals surface area contributed by atoms with Crippen molar-refractivity contribution in [3.63, 3.8) is 0 Å². The van der Waals surface area contributed by atoms with Gasteiger partial charge in [-0.15, -0.1) is 11.3 Å². The van der Waals surface area contributed by atoms with Crippen LogP contribution in [0.5, 0.6) is 0 Å². The third kappa shape index (κ3) is 2.35. The van der Waals surface area contributed by atoms with Crippen LogP contribution in [0.3, 0.4) is 0 Å². The van der Waals surface area contributed by atoms with Gasteiger partial charge in [0.2, 0.25) is 5.91 Å². The fourth-order valence-corrected chi connectivity index (χ4v) is 2.25. The van der Waals surface area contributed by atoms with E-state index in [0.717, 1.165) is 18.5 Å². The van der Waals surface area contributed by atoms with E-state index in [2.05, 4.69) is 10.3 Å². The molecule has 1 fully saturated rings. The first-order chi connectivity index (χ1) is 7.16. The molecular weight excluding hydrogens is 210 g/mol. The Bertz CT molecular complexity index is 357. The van der Waals surface area contributed by atoms with Crippen molar-refractivity contribution in [2.45, 2.75) is 32.2 Å². The summed E-state index contributed by atoms with van der Waals surface area (Å²) in [7, 11) is 0. The Morgan fingerprint density at radius 3 is 2.93 bits per heavy atom. The van der Waals surface area contributed by atoms with Crippen molar-refractivity contribution in [1.29, 1.82) is 0 Å². The minimum atomic E-state index is -0.0735. The van der Waals surface area contributed by atoms with Gasteiger partial charge >= 0.3 is 0 Å². The lowest BCUT2D eigenvalue weighted by atomic mass is 9.85. The number of hydrogen-bond acceptors (Lipinski definition) is 4. The second-order valence-corrected chi connectivity index (χ2v) is 4.84. The van der Waals surface area contributed by atoms with Gasteiger partial charge in [-0.05, 0) is 19.8 Å². The summed E-state index contributed by atoms with van der Waals surface area (Å²) in [6.07, 6.45) is 3.19. The number of aromatic nitrogens is 1. The number of rotatable bonds is 3. The molecule has 0 aliphatic heterocycles. The van der Waals surface area contributed by atoms with Crippen LogP contribution in [0.2, 0.25) is 0 Å². The quantitative estimate of drug-likeness (QED) is 0.825. The minimum absolute atomic E-state index is 0.0735. The number of amides is 1. The number of carbonyl (C=O) groups is 1. The number of nitrogens with zero attached hydrogens (tertiary/aromatic N) is 1. The van der Waals surface area contributed by atoms with Crippen molar-refractivity contribution in [3.8, 4) is 0 Å². The zero-order valence-corrected chi connectivity index (χ0v) is 9.51. The lowest BCUT2D eigenvalue weighted by Crippen LogP contribution is -2.28. The first-order valence-electron chi connectivity index (χ1n) is 5.18. The van der Waals surface area contributed by atoms with E-state index in [1.165, 1.54) is 17.8 Å².